The molecule has 0 aromatic heterocycles. The van der Waals surface area contributed by atoms with Crippen molar-refractivity contribution in [1.82, 2.24) is 0 Å². The Morgan fingerprint density at radius 1 is 1.22 bits per heavy atom. The first-order chi connectivity index (χ1) is 8.61. The number of hydrogen-bond acceptors (Lipinski definition) is 1. The van der Waals surface area contributed by atoms with Crippen molar-refractivity contribution in [3.8, 4) is 11.5 Å². The van der Waals surface area contributed by atoms with Crippen molar-refractivity contribution in [2.45, 2.75) is 12.8 Å². The molecular formula is C14H11Cl2FO. The Kier molecular flexibility index (Phi) is 4.10. The predicted molar refractivity (Wildman–Crippen MR) is 72.2 cm³/mol. The molecule has 0 saturated carbocycles. The Morgan fingerprint density at radius 3 is 2.67 bits per heavy atom. The van der Waals surface area contributed by atoms with E-state index in [0.29, 0.717) is 11.6 Å². The fourth-order valence-corrected chi connectivity index (χ4v) is 2.04. The highest BCUT2D eigenvalue weighted by Gasteiger charge is 2.09. The molecule has 0 heterocycles. The third-order valence-electron chi connectivity index (χ3n) is 2.60. The van der Waals surface area contributed by atoms with Crippen LogP contribution in [0.3, 0.4) is 0 Å². The number of ether oxygens (including phenoxy) is 1. The lowest BCUT2D eigenvalue weighted by Crippen LogP contribution is -1.91. The molecule has 0 aliphatic carbocycles. The zero-order valence-electron chi connectivity index (χ0n) is 9.71. The highest BCUT2D eigenvalue weighted by molar-refractivity contribution is 6.30. The van der Waals surface area contributed by atoms with Crippen molar-refractivity contribution >= 4 is 23.2 Å². The number of hydrogen-bond donors (Lipinski definition) is 0. The summed E-state index contributed by atoms with van der Waals surface area (Å²) in [6, 6.07) is 10.1. The van der Waals surface area contributed by atoms with E-state index in [2.05, 4.69) is 0 Å². The van der Waals surface area contributed by atoms with Crippen LogP contribution in [0.2, 0.25) is 5.02 Å². The summed E-state index contributed by atoms with van der Waals surface area (Å²) in [5.74, 6) is 0.554. The zero-order valence-corrected chi connectivity index (χ0v) is 11.2. The zero-order chi connectivity index (χ0) is 13.1. The summed E-state index contributed by atoms with van der Waals surface area (Å²) in [6.07, 6.45) is 0. The van der Waals surface area contributed by atoms with E-state index >= 15 is 0 Å². The van der Waals surface area contributed by atoms with Crippen LogP contribution in [-0.2, 0) is 5.88 Å². The Morgan fingerprint density at radius 2 is 2.00 bits per heavy atom. The van der Waals surface area contributed by atoms with Crippen molar-refractivity contribution in [3.05, 3.63) is 58.4 Å². The van der Waals surface area contributed by atoms with E-state index in [-0.39, 0.29) is 10.8 Å². The van der Waals surface area contributed by atoms with E-state index in [1.54, 1.807) is 12.1 Å². The number of alkyl halides is 1. The maximum Gasteiger partial charge on any atom is 0.184 e. The molecule has 0 aliphatic heterocycles. The summed E-state index contributed by atoms with van der Waals surface area (Å²) < 4.78 is 19.1. The van der Waals surface area contributed by atoms with Gasteiger partial charge >= 0.3 is 0 Å². The molecule has 0 aliphatic rings. The summed E-state index contributed by atoms with van der Waals surface area (Å²) in [5.41, 5.74) is 2.03. The average Bonchev–Trinajstić information content (AvgIpc) is 2.35. The molecule has 0 bridgehead atoms. The van der Waals surface area contributed by atoms with Gasteiger partial charge in [0.15, 0.2) is 11.6 Å². The minimum Gasteiger partial charge on any atom is -0.454 e. The van der Waals surface area contributed by atoms with E-state index in [0.717, 1.165) is 11.1 Å². The van der Waals surface area contributed by atoms with E-state index in [1.807, 2.05) is 19.1 Å². The lowest BCUT2D eigenvalue weighted by atomic mass is 10.1. The lowest BCUT2D eigenvalue weighted by Gasteiger charge is -2.09. The number of benzene rings is 2. The van der Waals surface area contributed by atoms with Crippen LogP contribution in [0, 0.1) is 12.7 Å². The van der Waals surface area contributed by atoms with Crippen molar-refractivity contribution < 1.29 is 9.13 Å². The minimum atomic E-state index is -0.557. The van der Waals surface area contributed by atoms with Crippen LogP contribution in [0.15, 0.2) is 36.4 Å². The molecule has 2 aromatic rings. The van der Waals surface area contributed by atoms with Gasteiger partial charge in [-0.1, -0.05) is 23.7 Å². The fourth-order valence-electron chi connectivity index (χ4n) is 1.57. The second kappa shape index (κ2) is 5.59. The molecule has 0 fully saturated rings. The van der Waals surface area contributed by atoms with Crippen LogP contribution < -0.4 is 4.74 Å². The van der Waals surface area contributed by atoms with Crippen LogP contribution in [0.1, 0.15) is 11.1 Å². The molecule has 0 saturated heterocycles. The average molecular weight is 285 g/mol. The highest BCUT2D eigenvalue weighted by Crippen LogP contribution is 2.29. The Balaban J connectivity index is 2.29. The first-order valence-corrected chi connectivity index (χ1v) is 6.30. The fraction of sp³-hybridized carbons (Fsp3) is 0.143. The van der Waals surface area contributed by atoms with Crippen molar-refractivity contribution in [3.63, 3.8) is 0 Å². The van der Waals surface area contributed by atoms with E-state index < -0.39 is 5.82 Å². The molecule has 0 amide bonds. The van der Waals surface area contributed by atoms with Crippen molar-refractivity contribution in [2.24, 2.45) is 0 Å². The molecule has 18 heavy (non-hydrogen) atoms. The van der Waals surface area contributed by atoms with E-state index in [4.69, 9.17) is 27.9 Å². The van der Waals surface area contributed by atoms with Crippen LogP contribution in [-0.4, -0.2) is 0 Å². The number of aryl methyl sites for hydroxylation is 1. The van der Waals surface area contributed by atoms with Gasteiger partial charge in [0.1, 0.15) is 5.75 Å². The summed E-state index contributed by atoms with van der Waals surface area (Å²) >= 11 is 11.5. The highest BCUT2D eigenvalue weighted by atomic mass is 35.5. The molecule has 0 unspecified atom stereocenters. The van der Waals surface area contributed by atoms with Crippen molar-refractivity contribution in [2.75, 3.05) is 0 Å². The van der Waals surface area contributed by atoms with Gasteiger partial charge in [0.05, 0.1) is 5.02 Å². The Hall–Kier alpha value is -1.25. The van der Waals surface area contributed by atoms with Gasteiger partial charge in [-0.2, -0.15) is 0 Å². The molecule has 0 spiro atoms. The summed E-state index contributed by atoms with van der Waals surface area (Å²) in [7, 11) is 0. The standard InChI is InChI=1S/C14H11Cl2FO/c1-9-7-11(6-5-10(9)8-15)18-13-4-2-3-12(16)14(13)17/h2-7H,8H2,1H3. The monoisotopic (exact) mass is 284 g/mol. The number of rotatable bonds is 3. The topological polar surface area (TPSA) is 9.23 Å². The second-order valence-electron chi connectivity index (χ2n) is 3.88. The molecule has 1 nitrogen and oxygen atoms in total. The minimum absolute atomic E-state index is 0.0431. The second-order valence-corrected chi connectivity index (χ2v) is 4.55. The SMILES string of the molecule is Cc1cc(Oc2cccc(Cl)c2F)ccc1CCl. The molecule has 0 atom stereocenters. The predicted octanol–water partition coefficient (Wildman–Crippen LogP) is 5.32. The molecular weight excluding hydrogens is 274 g/mol. The maximum absolute atomic E-state index is 13.7. The van der Waals surface area contributed by atoms with Gasteiger partial charge in [0.25, 0.3) is 0 Å². The lowest BCUT2D eigenvalue weighted by molar-refractivity contribution is 0.442. The molecule has 94 valence electrons. The van der Waals surface area contributed by atoms with Gasteiger partial charge < -0.3 is 4.74 Å². The van der Waals surface area contributed by atoms with Gasteiger partial charge in [0.2, 0.25) is 0 Å². The molecule has 0 radical (unpaired) electrons. The molecule has 2 rings (SSSR count). The molecule has 4 heteroatoms. The third-order valence-corrected chi connectivity index (χ3v) is 3.18. The Bertz CT molecular complexity index is 570. The summed E-state index contributed by atoms with van der Waals surface area (Å²) in [6.45, 7) is 1.93. The normalized spacial score (nSPS) is 10.4. The largest absolute Gasteiger partial charge is 0.454 e. The van der Waals surface area contributed by atoms with Gasteiger partial charge in [-0.05, 0) is 42.3 Å². The third kappa shape index (κ3) is 2.77. The van der Waals surface area contributed by atoms with Crippen molar-refractivity contribution in [1.29, 1.82) is 0 Å². The van der Waals surface area contributed by atoms with Gasteiger partial charge in [-0.25, -0.2) is 4.39 Å². The first-order valence-electron chi connectivity index (χ1n) is 5.39. The molecule has 2 aromatic carbocycles. The summed E-state index contributed by atoms with van der Waals surface area (Å²) in [5, 5.41) is 0.0431. The smallest absolute Gasteiger partial charge is 0.184 e. The van der Waals surface area contributed by atoms with Crippen LogP contribution >= 0.6 is 23.2 Å². The van der Waals surface area contributed by atoms with Crippen LogP contribution in [0.25, 0.3) is 0 Å². The summed E-state index contributed by atoms with van der Waals surface area (Å²) in [4.78, 5) is 0. The van der Waals surface area contributed by atoms with Crippen LogP contribution in [0.5, 0.6) is 11.5 Å². The van der Waals surface area contributed by atoms with E-state index in [1.165, 1.54) is 12.1 Å². The van der Waals surface area contributed by atoms with Gasteiger partial charge in [0, 0.05) is 5.88 Å². The van der Waals surface area contributed by atoms with E-state index in [9.17, 15) is 4.39 Å². The van der Waals surface area contributed by atoms with Gasteiger partial charge in [-0.3, -0.25) is 0 Å². The number of halogens is 3. The maximum atomic E-state index is 13.7. The Labute approximate surface area is 115 Å². The molecule has 0 N–H and O–H groups in total. The van der Waals surface area contributed by atoms with Crippen LogP contribution in [0.4, 0.5) is 4.39 Å². The first kappa shape index (κ1) is 13.2. The van der Waals surface area contributed by atoms with Gasteiger partial charge in [-0.15, -0.1) is 11.6 Å². The quantitative estimate of drug-likeness (QED) is 0.693.